The van der Waals surface area contributed by atoms with Crippen molar-refractivity contribution in [3.63, 3.8) is 0 Å². The Morgan fingerprint density at radius 1 is 1.30 bits per heavy atom. The van der Waals surface area contributed by atoms with Gasteiger partial charge in [-0.15, -0.1) is 0 Å². The zero-order chi connectivity index (χ0) is 19.4. The van der Waals surface area contributed by atoms with Crippen molar-refractivity contribution in [2.75, 3.05) is 7.05 Å². The van der Waals surface area contributed by atoms with Crippen molar-refractivity contribution in [2.24, 2.45) is 0 Å². The minimum absolute atomic E-state index is 0.162. The lowest BCUT2D eigenvalue weighted by Gasteiger charge is -2.17. The first-order valence-corrected chi connectivity index (χ1v) is 8.97. The van der Waals surface area contributed by atoms with Crippen LogP contribution in [0, 0.1) is 6.92 Å². The van der Waals surface area contributed by atoms with Gasteiger partial charge in [0.15, 0.2) is 0 Å². The maximum Gasteiger partial charge on any atom is 0.252 e. The van der Waals surface area contributed by atoms with Crippen molar-refractivity contribution in [3.8, 4) is 0 Å². The molecule has 2 aromatic heterocycles. The highest BCUT2D eigenvalue weighted by molar-refractivity contribution is 5.94. The second-order valence-electron chi connectivity index (χ2n) is 6.88. The van der Waals surface area contributed by atoms with E-state index in [1.807, 2.05) is 0 Å². The number of hydrogen-bond acceptors (Lipinski definition) is 6. The zero-order valence-corrected chi connectivity index (χ0v) is 15.5. The molecule has 3 rings (SSSR count). The molecule has 1 fully saturated rings. The number of nitrogens with one attached hydrogen (secondary N) is 1. The quantitative estimate of drug-likeness (QED) is 0.804. The van der Waals surface area contributed by atoms with E-state index in [4.69, 9.17) is 0 Å². The molecule has 27 heavy (non-hydrogen) atoms. The van der Waals surface area contributed by atoms with E-state index in [1.54, 1.807) is 14.0 Å². The molecule has 0 radical (unpaired) electrons. The number of hydrogen-bond donors (Lipinski definition) is 1. The Morgan fingerprint density at radius 3 is 2.70 bits per heavy atom. The summed E-state index contributed by atoms with van der Waals surface area (Å²) in [5, 5.41) is 10.4. The van der Waals surface area contributed by atoms with E-state index in [2.05, 4.69) is 20.3 Å². The summed E-state index contributed by atoms with van der Waals surface area (Å²) in [7, 11) is 1.61. The van der Waals surface area contributed by atoms with Gasteiger partial charge in [-0.25, -0.2) is 4.63 Å². The number of carbonyl (C=O) groups is 2. The summed E-state index contributed by atoms with van der Waals surface area (Å²) in [4.78, 5) is 38.4. The van der Waals surface area contributed by atoms with E-state index in [0.29, 0.717) is 17.0 Å². The van der Waals surface area contributed by atoms with Crippen LogP contribution in [0.1, 0.15) is 47.4 Å². The van der Waals surface area contributed by atoms with Gasteiger partial charge >= 0.3 is 0 Å². The van der Waals surface area contributed by atoms with Gasteiger partial charge in [-0.3, -0.25) is 14.4 Å². The SMILES string of the molecule is Cc1nonc1CN(C)C(=O)Cn1cc(C(=O)NC2CCCC2)ccc1=O. The van der Waals surface area contributed by atoms with Crippen molar-refractivity contribution < 1.29 is 14.2 Å². The predicted octanol–water partition coefficient (Wildman–Crippen LogP) is 0.871. The molecule has 0 spiro atoms. The van der Waals surface area contributed by atoms with Crippen LogP contribution in [-0.4, -0.2) is 44.7 Å². The van der Waals surface area contributed by atoms with Gasteiger partial charge in [-0.05, 0) is 25.8 Å². The second kappa shape index (κ2) is 8.15. The smallest absolute Gasteiger partial charge is 0.252 e. The number of amides is 2. The van der Waals surface area contributed by atoms with Gasteiger partial charge in [0.2, 0.25) is 5.91 Å². The zero-order valence-electron chi connectivity index (χ0n) is 15.5. The summed E-state index contributed by atoms with van der Waals surface area (Å²) >= 11 is 0. The minimum atomic E-state index is -0.339. The maximum absolute atomic E-state index is 12.4. The number of pyridine rings is 1. The number of aromatic nitrogens is 3. The molecule has 0 bridgehead atoms. The molecule has 2 amide bonds. The number of aryl methyl sites for hydroxylation is 1. The summed E-state index contributed by atoms with van der Waals surface area (Å²) in [5.74, 6) is -0.506. The Morgan fingerprint density at radius 2 is 2.04 bits per heavy atom. The number of rotatable bonds is 6. The molecule has 0 atom stereocenters. The van der Waals surface area contributed by atoms with Crippen molar-refractivity contribution >= 4 is 11.8 Å². The van der Waals surface area contributed by atoms with E-state index >= 15 is 0 Å². The molecule has 1 aliphatic carbocycles. The third-order valence-electron chi connectivity index (χ3n) is 4.80. The summed E-state index contributed by atoms with van der Waals surface area (Å²) in [6.45, 7) is 1.80. The van der Waals surface area contributed by atoms with E-state index in [0.717, 1.165) is 25.7 Å². The summed E-state index contributed by atoms with van der Waals surface area (Å²) < 4.78 is 5.87. The van der Waals surface area contributed by atoms with Crippen LogP contribution < -0.4 is 10.9 Å². The van der Waals surface area contributed by atoms with Gasteiger partial charge in [0, 0.05) is 25.4 Å². The van der Waals surface area contributed by atoms with Gasteiger partial charge in [-0.2, -0.15) is 0 Å². The highest BCUT2D eigenvalue weighted by atomic mass is 16.6. The molecule has 0 aliphatic heterocycles. The molecule has 0 aromatic carbocycles. The molecule has 0 saturated heterocycles. The van der Waals surface area contributed by atoms with Crippen LogP contribution >= 0.6 is 0 Å². The van der Waals surface area contributed by atoms with E-state index in [1.165, 1.54) is 27.8 Å². The minimum Gasteiger partial charge on any atom is -0.349 e. The lowest BCUT2D eigenvalue weighted by Crippen LogP contribution is -2.36. The predicted molar refractivity (Wildman–Crippen MR) is 95.9 cm³/mol. The summed E-state index contributed by atoms with van der Waals surface area (Å²) in [5.41, 5.74) is 1.20. The van der Waals surface area contributed by atoms with E-state index in [9.17, 15) is 14.4 Å². The van der Waals surface area contributed by atoms with Crippen molar-refractivity contribution in [1.82, 2.24) is 25.1 Å². The van der Waals surface area contributed by atoms with Crippen molar-refractivity contribution in [3.05, 3.63) is 45.6 Å². The standard InChI is InChI=1S/C18H23N5O4/c1-12-15(21-27-20-12)10-22(2)17(25)11-23-9-13(7-8-16(23)24)18(26)19-14-5-3-4-6-14/h7-9,14H,3-6,10-11H2,1-2H3,(H,19,26). The molecule has 2 heterocycles. The Labute approximate surface area is 156 Å². The van der Waals surface area contributed by atoms with E-state index < -0.39 is 0 Å². The Hall–Kier alpha value is -2.97. The Kier molecular flexibility index (Phi) is 5.68. The number of likely N-dealkylation sites (N-methyl/N-ethyl adjacent to an activating group) is 1. The molecule has 0 unspecified atom stereocenters. The molecule has 9 heteroatoms. The van der Waals surface area contributed by atoms with Gasteiger partial charge in [0.05, 0.1) is 12.1 Å². The molecule has 1 saturated carbocycles. The highest BCUT2D eigenvalue weighted by Gasteiger charge is 2.19. The average Bonchev–Trinajstić information content (AvgIpc) is 3.29. The Bertz CT molecular complexity index is 882. The van der Waals surface area contributed by atoms with E-state index in [-0.39, 0.29) is 36.5 Å². The highest BCUT2D eigenvalue weighted by Crippen LogP contribution is 2.18. The van der Waals surface area contributed by atoms with Crippen LogP contribution in [0.4, 0.5) is 0 Å². The fourth-order valence-electron chi connectivity index (χ4n) is 3.10. The Balaban J connectivity index is 1.66. The summed E-state index contributed by atoms with van der Waals surface area (Å²) in [6, 6.07) is 2.98. The number of nitrogens with zero attached hydrogens (tertiary/aromatic N) is 4. The van der Waals surface area contributed by atoms with Gasteiger partial charge < -0.3 is 14.8 Å². The average molecular weight is 373 g/mol. The van der Waals surface area contributed by atoms with Crippen LogP contribution in [0.5, 0.6) is 0 Å². The molecule has 1 N–H and O–H groups in total. The number of carbonyl (C=O) groups excluding carboxylic acids is 2. The monoisotopic (exact) mass is 373 g/mol. The van der Waals surface area contributed by atoms with Crippen LogP contribution in [0.25, 0.3) is 0 Å². The van der Waals surface area contributed by atoms with Crippen LogP contribution in [0.3, 0.4) is 0 Å². The van der Waals surface area contributed by atoms with Crippen LogP contribution in [-0.2, 0) is 17.9 Å². The van der Waals surface area contributed by atoms with Crippen LogP contribution in [0.2, 0.25) is 0 Å². The first kappa shape index (κ1) is 18.8. The fourth-order valence-corrected chi connectivity index (χ4v) is 3.10. The third kappa shape index (κ3) is 4.60. The lowest BCUT2D eigenvalue weighted by molar-refractivity contribution is -0.131. The first-order valence-electron chi connectivity index (χ1n) is 8.97. The molecular weight excluding hydrogens is 350 g/mol. The maximum atomic E-state index is 12.4. The van der Waals surface area contributed by atoms with Crippen molar-refractivity contribution in [2.45, 2.75) is 51.7 Å². The topological polar surface area (TPSA) is 110 Å². The van der Waals surface area contributed by atoms with Gasteiger partial charge in [0.25, 0.3) is 11.5 Å². The fraction of sp³-hybridized carbons (Fsp3) is 0.500. The third-order valence-corrected chi connectivity index (χ3v) is 4.80. The summed E-state index contributed by atoms with van der Waals surface area (Å²) in [6.07, 6.45) is 5.62. The second-order valence-corrected chi connectivity index (χ2v) is 6.88. The normalized spacial score (nSPS) is 14.3. The molecule has 9 nitrogen and oxygen atoms in total. The lowest BCUT2D eigenvalue weighted by atomic mass is 10.2. The molecule has 2 aromatic rings. The molecule has 144 valence electrons. The first-order chi connectivity index (χ1) is 12.9. The van der Waals surface area contributed by atoms with Gasteiger partial charge in [-0.1, -0.05) is 23.2 Å². The van der Waals surface area contributed by atoms with Crippen molar-refractivity contribution in [1.29, 1.82) is 0 Å². The van der Waals surface area contributed by atoms with Crippen LogP contribution in [0.15, 0.2) is 27.8 Å². The molecular formula is C18H23N5O4. The largest absolute Gasteiger partial charge is 0.349 e. The molecule has 1 aliphatic rings. The van der Waals surface area contributed by atoms with Gasteiger partial charge in [0.1, 0.15) is 17.9 Å².